The van der Waals surface area contributed by atoms with Crippen molar-refractivity contribution < 1.29 is 28.2 Å². The van der Waals surface area contributed by atoms with E-state index < -0.39 is 11.9 Å². The number of furan rings is 1. The Kier molecular flexibility index (Phi) is 8.86. The van der Waals surface area contributed by atoms with Crippen molar-refractivity contribution in [2.45, 2.75) is 33.8 Å². The normalized spacial score (nSPS) is 10.9. The van der Waals surface area contributed by atoms with E-state index in [-0.39, 0.29) is 12.4 Å². The summed E-state index contributed by atoms with van der Waals surface area (Å²) in [5.74, 6) is 0.987. The van der Waals surface area contributed by atoms with Gasteiger partial charge in [-0.05, 0) is 86.5 Å². The highest BCUT2D eigenvalue weighted by Gasteiger charge is 2.15. The van der Waals surface area contributed by atoms with E-state index in [0.717, 1.165) is 17.1 Å². The van der Waals surface area contributed by atoms with Crippen LogP contribution in [0.1, 0.15) is 45.8 Å². The number of carbonyl (C=O) groups excluding carboxylic acids is 2. The van der Waals surface area contributed by atoms with Crippen molar-refractivity contribution in [3.63, 3.8) is 0 Å². The van der Waals surface area contributed by atoms with E-state index in [0.29, 0.717) is 40.6 Å². The van der Waals surface area contributed by atoms with Crippen molar-refractivity contribution in [1.29, 1.82) is 0 Å². The Morgan fingerprint density at radius 3 is 2.42 bits per heavy atom. The Morgan fingerprint density at radius 1 is 1.05 bits per heavy atom. The molecule has 0 saturated carbocycles. The summed E-state index contributed by atoms with van der Waals surface area (Å²) in [5, 5.41) is 4.02. The molecule has 9 nitrogen and oxygen atoms in total. The van der Waals surface area contributed by atoms with Crippen molar-refractivity contribution >= 4 is 18.1 Å². The zero-order valence-electron chi connectivity index (χ0n) is 22.9. The fourth-order valence-electron chi connectivity index (χ4n) is 4.20. The standard InChI is InChI=1S/C31H31N3O6/c1-6-7-24-16-23(17-29(37-5)30(24)39-22(4)35)18-32-33-31(36)28-15-14-27(40-28)19-38-26-12-10-25(11-13-26)34-20(2)8-9-21(34)3/h6,8-18H,1,7,19H2,2-5H3,(H,33,36)/b32-18+. The molecule has 4 rings (SSSR count). The highest BCUT2D eigenvalue weighted by Crippen LogP contribution is 2.33. The van der Waals surface area contributed by atoms with Crippen molar-refractivity contribution in [3.05, 3.63) is 107 Å². The van der Waals surface area contributed by atoms with Gasteiger partial charge in [0.1, 0.15) is 18.1 Å². The van der Waals surface area contributed by atoms with Gasteiger partial charge in [-0.25, -0.2) is 5.43 Å². The van der Waals surface area contributed by atoms with Gasteiger partial charge in [0.05, 0.1) is 13.3 Å². The van der Waals surface area contributed by atoms with Crippen LogP contribution < -0.4 is 19.6 Å². The first-order valence-corrected chi connectivity index (χ1v) is 12.6. The first kappa shape index (κ1) is 28.0. The predicted octanol–water partition coefficient (Wildman–Crippen LogP) is 5.69. The number of aromatic nitrogens is 1. The second kappa shape index (κ2) is 12.7. The lowest BCUT2D eigenvalue weighted by Crippen LogP contribution is -2.16. The molecule has 0 radical (unpaired) electrons. The van der Waals surface area contributed by atoms with E-state index in [1.54, 1.807) is 30.3 Å². The van der Waals surface area contributed by atoms with Gasteiger partial charge in [-0.3, -0.25) is 9.59 Å². The van der Waals surface area contributed by atoms with E-state index in [4.69, 9.17) is 18.6 Å². The summed E-state index contributed by atoms with van der Waals surface area (Å²) in [6, 6.07) is 18.6. The predicted molar refractivity (Wildman–Crippen MR) is 152 cm³/mol. The molecule has 206 valence electrons. The molecule has 0 fully saturated rings. The number of nitrogens with zero attached hydrogens (tertiary/aromatic N) is 2. The number of benzene rings is 2. The number of carbonyl (C=O) groups is 2. The van der Waals surface area contributed by atoms with E-state index in [9.17, 15) is 9.59 Å². The monoisotopic (exact) mass is 541 g/mol. The molecule has 4 aromatic rings. The molecule has 40 heavy (non-hydrogen) atoms. The molecule has 0 atom stereocenters. The van der Waals surface area contributed by atoms with Crippen LogP contribution in [0.4, 0.5) is 0 Å². The highest BCUT2D eigenvalue weighted by atomic mass is 16.6. The molecule has 0 unspecified atom stereocenters. The van der Waals surface area contributed by atoms with E-state index in [1.807, 2.05) is 24.3 Å². The van der Waals surface area contributed by atoms with Crippen LogP contribution in [0.15, 0.2) is 82.8 Å². The van der Waals surface area contributed by atoms with Gasteiger partial charge in [0.15, 0.2) is 17.3 Å². The topological polar surface area (TPSA) is 104 Å². The number of allylic oxidation sites excluding steroid dienone is 1. The van der Waals surface area contributed by atoms with Crippen molar-refractivity contribution in [2.24, 2.45) is 5.10 Å². The number of methoxy groups -OCH3 is 1. The lowest BCUT2D eigenvalue weighted by atomic mass is 10.1. The molecule has 2 aromatic carbocycles. The molecular weight excluding hydrogens is 510 g/mol. The summed E-state index contributed by atoms with van der Waals surface area (Å²) in [6.07, 6.45) is 3.59. The van der Waals surface area contributed by atoms with Crippen molar-refractivity contribution in [2.75, 3.05) is 7.11 Å². The second-order valence-corrected chi connectivity index (χ2v) is 9.00. The van der Waals surface area contributed by atoms with E-state index in [1.165, 1.54) is 20.2 Å². The molecule has 0 aliphatic heterocycles. The number of nitrogens with one attached hydrogen (secondary N) is 1. The van der Waals surface area contributed by atoms with Crippen LogP contribution >= 0.6 is 0 Å². The Hall–Kier alpha value is -5.05. The highest BCUT2D eigenvalue weighted by molar-refractivity contribution is 5.92. The van der Waals surface area contributed by atoms with Gasteiger partial charge in [-0.15, -0.1) is 6.58 Å². The quantitative estimate of drug-likeness (QED) is 0.0860. The summed E-state index contributed by atoms with van der Waals surface area (Å²) in [4.78, 5) is 24.0. The molecule has 0 saturated heterocycles. The fourth-order valence-corrected chi connectivity index (χ4v) is 4.20. The Morgan fingerprint density at radius 2 is 1.77 bits per heavy atom. The fraction of sp³-hybridized carbons (Fsp3) is 0.194. The van der Waals surface area contributed by atoms with Gasteiger partial charge in [0.2, 0.25) is 0 Å². The molecule has 1 N–H and O–H groups in total. The maximum absolute atomic E-state index is 12.5. The summed E-state index contributed by atoms with van der Waals surface area (Å²) >= 11 is 0. The zero-order valence-corrected chi connectivity index (χ0v) is 22.9. The minimum Gasteiger partial charge on any atom is -0.493 e. The van der Waals surface area contributed by atoms with Gasteiger partial charge >= 0.3 is 11.9 Å². The maximum Gasteiger partial charge on any atom is 0.308 e. The third-order valence-corrected chi connectivity index (χ3v) is 6.00. The van der Waals surface area contributed by atoms with Crippen LogP contribution in [0, 0.1) is 13.8 Å². The number of hydrogen-bond donors (Lipinski definition) is 1. The SMILES string of the molecule is C=CCc1cc(/C=N/NC(=O)c2ccc(COc3ccc(-n4c(C)ccc4C)cc3)o2)cc(OC)c1OC(C)=O. The van der Waals surface area contributed by atoms with Gasteiger partial charge in [-0.1, -0.05) is 6.08 Å². The molecule has 0 bridgehead atoms. The van der Waals surface area contributed by atoms with Crippen LogP contribution in [0.3, 0.4) is 0 Å². The van der Waals surface area contributed by atoms with Crippen LogP contribution in [-0.2, 0) is 17.8 Å². The first-order chi connectivity index (χ1) is 19.3. The smallest absolute Gasteiger partial charge is 0.308 e. The molecule has 2 aromatic heterocycles. The second-order valence-electron chi connectivity index (χ2n) is 9.00. The van der Waals surface area contributed by atoms with Crippen LogP contribution in [0.5, 0.6) is 17.2 Å². The lowest BCUT2D eigenvalue weighted by molar-refractivity contribution is -0.132. The van der Waals surface area contributed by atoms with Gasteiger partial charge < -0.3 is 23.2 Å². The minimum atomic E-state index is -0.515. The number of esters is 1. The Balaban J connectivity index is 1.35. The Labute approximate surface area is 232 Å². The van der Waals surface area contributed by atoms with Gasteiger partial charge in [0.25, 0.3) is 0 Å². The number of aryl methyl sites for hydroxylation is 2. The number of amides is 1. The summed E-state index contributed by atoms with van der Waals surface area (Å²) < 4.78 is 24.3. The lowest BCUT2D eigenvalue weighted by Gasteiger charge is -2.13. The summed E-state index contributed by atoms with van der Waals surface area (Å²) in [7, 11) is 1.47. The average Bonchev–Trinajstić information content (AvgIpc) is 3.55. The third kappa shape index (κ3) is 6.68. The van der Waals surface area contributed by atoms with Gasteiger partial charge in [-0.2, -0.15) is 5.10 Å². The average molecular weight is 542 g/mol. The Bertz CT molecular complexity index is 1530. The van der Waals surface area contributed by atoms with Crippen LogP contribution in [0.2, 0.25) is 0 Å². The van der Waals surface area contributed by atoms with E-state index in [2.05, 4.69) is 47.7 Å². The van der Waals surface area contributed by atoms with E-state index >= 15 is 0 Å². The molecule has 0 spiro atoms. The largest absolute Gasteiger partial charge is 0.493 e. The molecule has 2 heterocycles. The third-order valence-electron chi connectivity index (χ3n) is 6.00. The first-order valence-electron chi connectivity index (χ1n) is 12.6. The molecule has 0 aliphatic carbocycles. The number of ether oxygens (including phenoxy) is 3. The molecular formula is C31H31N3O6. The van der Waals surface area contributed by atoms with Crippen LogP contribution in [-0.4, -0.2) is 29.8 Å². The summed E-state index contributed by atoms with van der Waals surface area (Å²) in [6.45, 7) is 9.35. The maximum atomic E-state index is 12.5. The zero-order chi connectivity index (χ0) is 28.6. The van der Waals surface area contributed by atoms with Crippen molar-refractivity contribution in [1.82, 2.24) is 9.99 Å². The number of hydrazone groups is 1. The molecule has 9 heteroatoms. The van der Waals surface area contributed by atoms with Crippen molar-refractivity contribution in [3.8, 4) is 22.9 Å². The number of hydrogen-bond acceptors (Lipinski definition) is 7. The van der Waals surface area contributed by atoms with Gasteiger partial charge in [0, 0.05) is 29.6 Å². The molecule has 0 aliphatic rings. The number of rotatable bonds is 11. The van der Waals surface area contributed by atoms with Crippen LogP contribution in [0.25, 0.3) is 5.69 Å². The molecule has 1 amide bonds. The minimum absolute atomic E-state index is 0.0970. The summed E-state index contributed by atoms with van der Waals surface area (Å²) in [5.41, 5.74) is 7.14.